The lowest BCUT2D eigenvalue weighted by molar-refractivity contribution is -0.0114. The molecule has 0 saturated carbocycles. The Morgan fingerprint density at radius 2 is 1.80 bits per heavy atom. The standard InChI is InChI=1S/C20H21BrFN3O4S/c21-18-9-13(1-8-19(18)22)10-23-20(26)24-14-2-6-17(7-3-14)30(27,28)25-11-15-4-5-16(12-25)29-15/h1-3,6-9,15-16H,4-5,10-12H2,(H2,23,24,26). The van der Waals surface area contributed by atoms with E-state index in [4.69, 9.17) is 4.74 Å². The Labute approximate surface area is 182 Å². The summed E-state index contributed by atoms with van der Waals surface area (Å²) in [6, 6.07) is 10.1. The lowest BCUT2D eigenvalue weighted by atomic mass is 10.2. The molecule has 2 aliphatic rings. The number of anilines is 1. The van der Waals surface area contributed by atoms with E-state index >= 15 is 0 Å². The van der Waals surface area contributed by atoms with Gasteiger partial charge < -0.3 is 15.4 Å². The summed E-state index contributed by atoms with van der Waals surface area (Å²) in [5, 5.41) is 5.33. The Balaban J connectivity index is 1.35. The summed E-state index contributed by atoms with van der Waals surface area (Å²) in [4.78, 5) is 12.3. The van der Waals surface area contributed by atoms with Gasteiger partial charge in [-0.1, -0.05) is 6.07 Å². The van der Waals surface area contributed by atoms with Crippen LogP contribution in [-0.4, -0.2) is 44.1 Å². The zero-order chi connectivity index (χ0) is 21.3. The van der Waals surface area contributed by atoms with E-state index in [1.165, 1.54) is 22.5 Å². The Morgan fingerprint density at radius 3 is 2.43 bits per heavy atom. The normalized spacial score (nSPS) is 21.4. The van der Waals surface area contributed by atoms with Crippen LogP contribution in [0.2, 0.25) is 0 Å². The van der Waals surface area contributed by atoms with Crippen LogP contribution in [0.3, 0.4) is 0 Å². The number of amides is 2. The number of benzene rings is 2. The number of urea groups is 1. The van der Waals surface area contributed by atoms with Crippen LogP contribution in [-0.2, 0) is 21.3 Å². The number of ether oxygens (including phenoxy) is 1. The number of carbonyl (C=O) groups is 1. The second-order valence-electron chi connectivity index (χ2n) is 7.36. The predicted octanol–water partition coefficient (Wildman–Crippen LogP) is 3.46. The van der Waals surface area contributed by atoms with Crippen LogP contribution in [0.15, 0.2) is 51.8 Å². The Hall–Kier alpha value is -2.01. The zero-order valence-electron chi connectivity index (χ0n) is 16.0. The molecule has 0 spiro atoms. The minimum absolute atomic E-state index is 0.0232. The number of nitrogens with zero attached hydrogens (tertiary/aromatic N) is 1. The van der Waals surface area contributed by atoms with Crippen molar-refractivity contribution < 1.29 is 22.3 Å². The molecule has 2 N–H and O–H groups in total. The fraction of sp³-hybridized carbons (Fsp3) is 0.350. The number of morpholine rings is 1. The molecule has 2 unspecified atom stereocenters. The van der Waals surface area contributed by atoms with Gasteiger partial charge in [0.2, 0.25) is 10.0 Å². The van der Waals surface area contributed by atoms with Crippen molar-refractivity contribution in [3.05, 3.63) is 58.3 Å². The molecule has 160 valence electrons. The topological polar surface area (TPSA) is 87.7 Å². The number of fused-ring (bicyclic) bond motifs is 2. The summed E-state index contributed by atoms with van der Waals surface area (Å²) in [6.07, 6.45) is 1.74. The average Bonchev–Trinajstić information content (AvgIpc) is 3.06. The van der Waals surface area contributed by atoms with Crippen LogP contribution < -0.4 is 10.6 Å². The third kappa shape index (κ3) is 4.66. The molecule has 7 nitrogen and oxygen atoms in total. The van der Waals surface area contributed by atoms with E-state index in [1.54, 1.807) is 24.3 Å². The first kappa shape index (κ1) is 21.2. The Morgan fingerprint density at radius 1 is 1.13 bits per heavy atom. The first-order valence-electron chi connectivity index (χ1n) is 9.56. The van der Waals surface area contributed by atoms with Gasteiger partial charge in [-0.25, -0.2) is 17.6 Å². The Kier molecular flexibility index (Phi) is 6.10. The number of halogens is 2. The van der Waals surface area contributed by atoms with E-state index in [1.807, 2.05) is 0 Å². The fourth-order valence-electron chi connectivity index (χ4n) is 3.64. The van der Waals surface area contributed by atoms with E-state index in [0.29, 0.717) is 23.2 Å². The number of carbonyl (C=O) groups excluding carboxylic acids is 1. The number of hydrogen-bond acceptors (Lipinski definition) is 4. The molecule has 10 heteroatoms. The summed E-state index contributed by atoms with van der Waals surface area (Å²) in [6.45, 7) is 0.970. The van der Waals surface area contributed by atoms with Crippen LogP contribution in [0.1, 0.15) is 18.4 Å². The van der Waals surface area contributed by atoms with E-state index in [-0.39, 0.29) is 29.5 Å². The third-order valence-electron chi connectivity index (χ3n) is 5.20. The fourth-order valence-corrected chi connectivity index (χ4v) is 5.57. The van der Waals surface area contributed by atoms with Crippen molar-refractivity contribution in [1.82, 2.24) is 9.62 Å². The van der Waals surface area contributed by atoms with Gasteiger partial charge in [-0.2, -0.15) is 4.31 Å². The molecule has 0 aliphatic carbocycles. The monoisotopic (exact) mass is 497 g/mol. The lowest BCUT2D eigenvalue weighted by Crippen LogP contribution is -2.45. The van der Waals surface area contributed by atoms with Crippen molar-refractivity contribution in [2.45, 2.75) is 36.5 Å². The van der Waals surface area contributed by atoms with Crippen LogP contribution in [0.25, 0.3) is 0 Å². The molecule has 2 aromatic rings. The van der Waals surface area contributed by atoms with Crippen LogP contribution >= 0.6 is 15.9 Å². The largest absolute Gasteiger partial charge is 0.372 e. The summed E-state index contributed by atoms with van der Waals surface area (Å²) in [5.74, 6) is -0.372. The van der Waals surface area contributed by atoms with Gasteiger partial charge in [0, 0.05) is 25.3 Å². The molecule has 0 aromatic heterocycles. The summed E-state index contributed by atoms with van der Waals surface area (Å²) in [7, 11) is -3.60. The number of nitrogens with one attached hydrogen (secondary N) is 2. The highest BCUT2D eigenvalue weighted by atomic mass is 79.9. The van der Waals surface area contributed by atoms with Crippen molar-refractivity contribution in [2.24, 2.45) is 0 Å². The summed E-state index contributed by atoms with van der Waals surface area (Å²) in [5.41, 5.74) is 1.20. The molecule has 2 aromatic carbocycles. The quantitative estimate of drug-likeness (QED) is 0.661. The van der Waals surface area contributed by atoms with Crippen LogP contribution in [0.5, 0.6) is 0 Å². The molecule has 2 amide bonds. The minimum atomic E-state index is -3.60. The van der Waals surface area contributed by atoms with Crippen LogP contribution in [0.4, 0.5) is 14.9 Å². The molecule has 30 heavy (non-hydrogen) atoms. The summed E-state index contributed by atoms with van der Waals surface area (Å²) < 4.78 is 46.6. The van der Waals surface area contributed by atoms with E-state index < -0.39 is 16.1 Å². The molecule has 4 rings (SSSR count). The van der Waals surface area contributed by atoms with Crippen LogP contribution in [0, 0.1) is 5.82 Å². The maximum Gasteiger partial charge on any atom is 0.319 e. The van der Waals surface area contributed by atoms with Gasteiger partial charge >= 0.3 is 6.03 Å². The van der Waals surface area contributed by atoms with Crippen molar-refractivity contribution in [3.8, 4) is 0 Å². The minimum Gasteiger partial charge on any atom is -0.372 e. The number of sulfonamides is 1. The van der Waals surface area contributed by atoms with Gasteiger partial charge in [0.1, 0.15) is 5.82 Å². The molecule has 2 fully saturated rings. The molecular formula is C20H21BrFN3O4S. The van der Waals surface area contributed by atoms with E-state index in [2.05, 4.69) is 26.6 Å². The van der Waals surface area contributed by atoms with Crippen molar-refractivity contribution in [3.63, 3.8) is 0 Å². The van der Waals surface area contributed by atoms with Gasteiger partial charge in [-0.15, -0.1) is 0 Å². The molecule has 0 radical (unpaired) electrons. The van der Waals surface area contributed by atoms with Crippen molar-refractivity contribution in [1.29, 1.82) is 0 Å². The zero-order valence-corrected chi connectivity index (χ0v) is 18.4. The molecule has 2 saturated heterocycles. The number of hydrogen-bond donors (Lipinski definition) is 2. The maximum absolute atomic E-state index is 13.3. The maximum atomic E-state index is 13.3. The molecule has 2 heterocycles. The Bertz CT molecular complexity index is 1040. The molecule has 2 atom stereocenters. The van der Waals surface area contributed by atoms with Gasteiger partial charge in [0.05, 0.1) is 21.6 Å². The SMILES string of the molecule is O=C(NCc1ccc(F)c(Br)c1)Nc1ccc(S(=O)(=O)N2CC3CCC(C2)O3)cc1. The third-order valence-corrected chi connectivity index (χ3v) is 7.65. The van der Waals surface area contributed by atoms with Crippen molar-refractivity contribution in [2.75, 3.05) is 18.4 Å². The predicted molar refractivity (Wildman–Crippen MR) is 113 cm³/mol. The highest BCUT2D eigenvalue weighted by Crippen LogP contribution is 2.30. The first-order chi connectivity index (χ1) is 14.3. The number of rotatable bonds is 5. The second-order valence-corrected chi connectivity index (χ2v) is 10.2. The highest BCUT2D eigenvalue weighted by molar-refractivity contribution is 9.10. The smallest absolute Gasteiger partial charge is 0.319 e. The molecular weight excluding hydrogens is 477 g/mol. The average molecular weight is 498 g/mol. The second kappa shape index (κ2) is 8.62. The van der Waals surface area contributed by atoms with E-state index in [9.17, 15) is 17.6 Å². The van der Waals surface area contributed by atoms with Gasteiger partial charge in [-0.3, -0.25) is 0 Å². The van der Waals surface area contributed by atoms with E-state index in [0.717, 1.165) is 18.4 Å². The van der Waals surface area contributed by atoms with Gasteiger partial charge in [0.25, 0.3) is 0 Å². The van der Waals surface area contributed by atoms with Gasteiger partial charge in [0.15, 0.2) is 0 Å². The highest BCUT2D eigenvalue weighted by Gasteiger charge is 2.39. The first-order valence-corrected chi connectivity index (χ1v) is 11.8. The molecule has 2 bridgehead atoms. The molecule has 2 aliphatic heterocycles. The van der Waals surface area contributed by atoms with Gasteiger partial charge in [-0.05, 0) is 70.7 Å². The summed E-state index contributed by atoms with van der Waals surface area (Å²) >= 11 is 3.11. The van der Waals surface area contributed by atoms with Crippen molar-refractivity contribution >= 4 is 37.7 Å². The lowest BCUT2D eigenvalue weighted by Gasteiger charge is -2.31.